The van der Waals surface area contributed by atoms with Crippen LogP contribution in [0.1, 0.15) is 11.6 Å². The maximum absolute atomic E-state index is 12.8. The van der Waals surface area contributed by atoms with Gasteiger partial charge in [-0.1, -0.05) is 46.9 Å². The molecule has 0 amide bonds. The van der Waals surface area contributed by atoms with Gasteiger partial charge >= 0.3 is 10.3 Å². The van der Waals surface area contributed by atoms with Crippen LogP contribution in [0, 0.1) is 5.82 Å². The average molecular weight is 349 g/mol. The first kappa shape index (κ1) is 15.3. The molecule has 106 valence electrons. The lowest BCUT2D eigenvalue weighted by Crippen LogP contribution is -2.22. The van der Waals surface area contributed by atoms with E-state index < -0.39 is 20.7 Å². The molecule has 1 aliphatic rings. The molecule has 19 heavy (non-hydrogen) atoms. The quantitative estimate of drug-likeness (QED) is 0.621. The summed E-state index contributed by atoms with van der Waals surface area (Å²) in [7, 11) is -3.94. The lowest BCUT2D eigenvalue weighted by molar-refractivity contribution is 0.305. The summed E-state index contributed by atoms with van der Waals surface area (Å²) in [5.74, 6) is -0.383. The van der Waals surface area contributed by atoms with E-state index in [1.54, 1.807) is 0 Å². The lowest BCUT2D eigenvalue weighted by Gasteiger charge is -2.12. The molecule has 2 atom stereocenters. The van der Waals surface area contributed by atoms with Crippen molar-refractivity contribution in [3.8, 4) is 0 Å². The van der Waals surface area contributed by atoms with Crippen LogP contribution in [0.4, 0.5) is 4.39 Å². The highest BCUT2D eigenvalue weighted by Crippen LogP contribution is 2.39. The van der Waals surface area contributed by atoms with Crippen LogP contribution in [0.3, 0.4) is 0 Å². The third-order valence-electron chi connectivity index (χ3n) is 2.48. The van der Waals surface area contributed by atoms with Crippen LogP contribution in [-0.4, -0.2) is 29.7 Å². The Morgan fingerprint density at radius 3 is 2.42 bits per heavy atom. The van der Waals surface area contributed by atoms with E-state index in [2.05, 4.69) is 4.18 Å². The van der Waals surface area contributed by atoms with E-state index >= 15 is 0 Å². The summed E-state index contributed by atoms with van der Waals surface area (Å²) in [5.41, 5.74) is 0.683. The van der Waals surface area contributed by atoms with Gasteiger partial charge in [0.15, 0.2) is 0 Å². The highest BCUT2D eigenvalue weighted by atomic mass is 35.6. The molecule has 4 nitrogen and oxygen atoms in total. The van der Waals surface area contributed by atoms with Gasteiger partial charge in [0.05, 0.1) is 6.04 Å². The number of alkyl halides is 3. The topological polar surface area (TPSA) is 46.4 Å². The molecule has 0 bridgehead atoms. The van der Waals surface area contributed by atoms with Gasteiger partial charge in [0.25, 0.3) is 0 Å². The zero-order valence-electron chi connectivity index (χ0n) is 9.39. The molecule has 0 aliphatic carbocycles. The van der Waals surface area contributed by atoms with Crippen molar-refractivity contribution in [1.82, 2.24) is 4.31 Å². The third kappa shape index (κ3) is 4.18. The number of rotatable bonds is 4. The Bertz CT molecular complexity index is 558. The zero-order valence-corrected chi connectivity index (χ0v) is 12.5. The second kappa shape index (κ2) is 5.35. The normalized spacial score (nSPS) is 23.4. The molecule has 1 aromatic carbocycles. The van der Waals surface area contributed by atoms with Gasteiger partial charge in [0.1, 0.15) is 12.4 Å². The first-order chi connectivity index (χ1) is 8.69. The molecule has 1 fully saturated rings. The Morgan fingerprint density at radius 2 is 1.89 bits per heavy atom. The van der Waals surface area contributed by atoms with Crippen molar-refractivity contribution in [3.05, 3.63) is 35.6 Å². The van der Waals surface area contributed by atoms with Crippen molar-refractivity contribution in [1.29, 1.82) is 0 Å². The smallest absolute Gasteiger partial charge is 0.253 e. The van der Waals surface area contributed by atoms with Gasteiger partial charge in [-0.15, -0.1) is 0 Å². The van der Waals surface area contributed by atoms with Gasteiger partial charge in [-0.2, -0.15) is 12.7 Å². The summed E-state index contributed by atoms with van der Waals surface area (Å²) in [5, 5.41) is 0. The largest absolute Gasteiger partial charge is 0.339 e. The predicted octanol–water partition coefficient (Wildman–Crippen LogP) is 2.81. The minimum Gasteiger partial charge on any atom is -0.253 e. The Hall–Kier alpha value is -0.110. The first-order valence-electron chi connectivity index (χ1n) is 5.17. The van der Waals surface area contributed by atoms with Crippen molar-refractivity contribution in [2.75, 3.05) is 13.2 Å². The molecular weight excluding hydrogens is 340 g/mol. The van der Waals surface area contributed by atoms with E-state index in [0.717, 1.165) is 4.31 Å². The number of halogens is 4. The Kier molecular flexibility index (Phi) is 4.30. The van der Waals surface area contributed by atoms with E-state index in [-0.39, 0.29) is 18.4 Å². The van der Waals surface area contributed by atoms with Gasteiger partial charge in [-0.25, -0.2) is 4.39 Å². The Morgan fingerprint density at radius 1 is 1.32 bits per heavy atom. The average Bonchev–Trinajstić information content (AvgIpc) is 3.07. The SMILES string of the molecule is O=S(=O)(OCC(Cl)(Cl)Cl)N1CC1c1ccc(F)cc1. The van der Waals surface area contributed by atoms with Crippen LogP contribution in [0.5, 0.6) is 0 Å². The number of hydrogen-bond donors (Lipinski definition) is 0. The molecule has 9 heteroatoms. The Labute approximate surface area is 125 Å². The molecule has 2 unspecified atom stereocenters. The number of nitrogens with zero attached hydrogens (tertiary/aromatic N) is 1. The molecule has 0 aromatic heterocycles. The Balaban J connectivity index is 2.00. The molecule has 0 N–H and O–H groups in total. The van der Waals surface area contributed by atoms with Crippen LogP contribution >= 0.6 is 34.8 Å². The summed E-state index contributed by atoms with van der Waals surface area (Å²) in [6.45, 7) is -0.305. The zero-order chi connectivity index (χ0) is 14.3. The molecule has 0 radical (unpaired) electrons. The molecule has 1 aliphatic heterocycles. The fourth-order valence-electron chi connectivity index (χ4n) is 1.54. The van der Waals surface area contributed by atoms with Crippen LogP contribution in [0.25, 0.3) is 0 Å². The van der Waals surface area contributed by atoms with Crippen molar-refractivity contribution in [3.63, 3.8) is 0 Å². The molecule has 2 rings (SSSR count). The van der Waals surface area contributed by atoms with Crippen LogP contribution in [-0.2, 0) is 14.5 Å². The lowest BCUT2D eigenvalue weighted by atomic mass is 10.2. The standard InChI is InChI=1S/C10H9Cl3FNO3S/c11-10(12,13)6-18-19(16,17)15-5-9(15)7-1-3-8(14)4-2-7/h1-4,9H,5-6H2. The van der Waals surface area contributed by atoms with E-state index in [9.17, 15) is 12.8 Å². The third-order valence-corrected chi connectivity index (χ3v) is 4.20. The van der Waals surface area contributed by atoms with Gasteiger partial charge in [-0.05, 0) is 17.7 Å². The molecule has 0 spiro atoms. The highest BCUT2D eigenvalue weighted by Gasteiger charge is 2.46. The molecule has 1 aromatic rings. The maximum atomic E-state index is 12.8. The van der Waals surface area contributed by atoms with Crippen LogP contribution < -0.4 is 0 Å². The van der Waals surface area contributed by atoms with E-state index in [0.29, 0.717) is 5.56 Å². The maximum Gasteiger partial charge on any atom is 0.339 e. The van der Waals surface area contributed by atoms with E-state index in [4.69, 9.17) is 34.8 Å². The fourth-order valence-corrected chi connectivity index (χ4v) is 3.11. The van der Waals surface area contributed by atoms with Crippen molar-refractivity contribution >= 4 is 45.1 Å². The van der Waals surface area contributed by atoms with Crippen molar-refractivity contribution in [2.24, 2.45) is 0 Å². The summed E-state index contributed by atoms with van der Waals surface area (Å²) in [6, 6.07) is 5.21. The summed E-state index contributed by atoms with van der Waals surface area (Å²) < 4.78 is 40.2. The van der Waals surface area contributed by atoms with Gasteiger partial charge < -0.3 is 0 Å². The summed E-state index contributed by atoms with van der Waals surface area (Å²) >= 11 is 16.2. The van der Waals surface area contributed by atoms with Crippen LogP contribution in [0.15, 0.2) is 24.3 Å². The highest BCUT2D eigenvalue weighted by molar-refractivity contribution is 7.84. The van der Waals surface area contributed by atoms with Crippen LogP contribution in [0.2, 0.25) is 0 Å². The number of hydrogen-bond acceptors (Lipinski definition) is 3. The predicted molar refractivity (Wildman–Crippen MR) is 71.0 cm³/mol. The van der Waals surface area contributed by atoms with Gasteiger partial charge in [0.2, 0.25) is 3.79 Å². The number of benzene rings is 1. The first-order valence-corrected chi connectivity index (χ1v) is 7.67. The molecule has 1 heterocycles. The van der Waals surface area contributed by atoms with Crippen molar-refractivity contribution < 1.29 is 17.0 Å². The van der Waals surface area contributed by atoms with Gasteiger partial charge in [0, 0.05) is 6.54 Å². The van der Waals surface area contributed by atoms with Gasteiger partial charge in [-0.3, -0.25) is 4.18 Å². The monoisotopic (exact) mass is 347 g/mol. The van der Waals surface area contributed by atoms with Crippen molar-refractivity contribution in [2.45, 2.75) is 9.83 Å². The second-order valence-corrected chi connectivity index (χ2v) is 8.05. The summed E-state index contributed by atoms with van der Waals surface area (Å²) in [4.78, 5) is 0. The summed E-state index contributed by atoms with van der Waals surface area (Å²) in [6.07, 6.45) is 0. The molecule has 0 saturated carbocycles. The minimum absolute atomic E-state index is 0.258. The van der Waals surface area contributed by atoms with E-state index in [1.165, 1.54) is 24.3 Å². The minimum atomic E-state index is -3.94. The molecular formula is C10H9Cl3FNO3S. The molecule has 1 saturated heterocycles. The fraction of sp³-hybridized carbons (Fsp3) is 0.400. The van der Waals surface area contributed by atoms with E-state index in [1.807, 2.05) is 0 Å². The second-order valence-electron chi connectivity index (χ2n) is 3.97.